The zero-order chi connectivity index (χ0) is 18.8. The molecule has 0 aliphatic rings. The molecule has 2 aromatic carbocycles. The molecule has 0 fully saturated rings. The van der Waals surface area contributed by atoms with E-state index in [0.717, 1.165) is 12.1 Å². The summed E-state index contributed by atoms with van der Waals surface area (Å²) in [6, 6.07) is 15.8. The molecule has 0 unspecified atom stereocenters. The summed E-state index contributed by atoms with van der Waals surface area (Å²) >= 11 is 0. The number of rotatable bonds is 6. The van der Waals surface area contributed by atoms with E-state index in [9.17, 15) is 0 Å². The minimum absolute atomic E-state index is 1.10. The van der Waals surface area contributed by atoms with Crippen molar-refractivity contribution in [2.45, 2.75) is 66.0 Å². The molecule has 0 bridgehead atoms. The first-order valence-electron chi connectivity index (χ1n) is 9.30. The van der Waals surface area contributed by atoms with Gasteiger partial charge in [-0.25, -0.2) is 0 Å². The normalized spacial score (nSPS) is 12.5. The van der Waals surface area contributed by atoms with Crippen molar-refractivity contribution in [3.8, 4) is 0 Å². The molecular weight excluding hydrogens is 336 g/mol. The molecule has 25 heavy (non-hydrogen) atoms. The van der Waals surface area contributed by atoms with Gasteiger partial charge in [0, 0.05) is 0 Å². The fourth-order valence-corrected chi connectivity index (χ4v) is 13.0. The van der Waals surface area contributed by atoms with E-state index in [-0.39, 0.29) is 0 Å². The maximum atomic E-state index is 6.88. The van der Waals surface area contributed by atoms with Crippen LogP contribution in [0.3, 0.4) is 0 Å². The summed E-state index contributed by atoms with van der Waals surface area (Å²) in [6.45, 7) is 18.3. The van der Waals surface area contributed by atoms with E-state index < -0.39 is 16.6 Å². The van der Waals surface area contributed by atoms with Gasteiger partial charge in [0.25, 0.3) is 0 Å². The van der Waals surface area contributed by atoms with Gasteiger partial charge in [0.15, 0.2) is 16.6 Å². The number of aryl methyl sites for hydroxylation is 4. The summed E-state index contributed by atoms with van der Waals surface area (Å²) in [4.78, 5) is 0. The van der Waals surface area contributed by atoms with Crippen molar-refractivity contribution in [2.75, 3.05) is 0 Å². The Bertz CT molecular complexity index is 684. The van der Waals surface area contributed by atoms with Crippen LogP contribution in [-0.2, 0) is 16.2 Å². The summed E-state index contributed by atoms with van der Waals surface area (Å²) < 4.78 is 6.88. The second-order valence-corrected chi connectivity index (χ2v) is 17.4. The predicted molar refractivity (Wildman–Crippen MR) is 115 cm³/mol. The molecule has 0 N–H and O–H groups in total. The molecule has 136 valence electrons. The molecule has 0 aliphatic carbocycles. The molecule has 0 aromatic heterocycles. The summed E-state index contributed by atoms with van der Waals surface area (Å²) in [5.74, 6) is 0. The maximum absolute atomic E-state index is 6.88. The second-order valence-electron chi connectivity index (χ2n) is 8.83. The van der Waals surface area contributed by atoms with Crippen molar-refractivity contribution >= 4 is 16.6 Å². The topological polar surface area (TPSA) is 9.23 Å². The first kappa shape index (κ1) is 20.1. The van der Waals surface area contributed by atoms with Crippen molar-refractivity contribution in [3.63, 3.8) is 0 Å². The Kier molecular flexibility index (Phi) is 6.13. The molecule has 0 heterocycles. The average molecular weight is 371 g/mol. The molecule has 0 saturated carbocycles. The molecule has 0 atom stereocenters. The van der Waals surface area contributed by atoms with Crippen LogP contribution in [0.25, 0.3) is 0 Å². The van der Waals surface area contributed by atoms with Crippen LogP contribution in [0.15, 0.2) is 36.4 Å². The maximum Gasteiger partial charge on any atom is 0.177 e. The molecule has 0 amide bonds. The predicted octanol–water partition coefficient (Wildman–Crippen LogP) is 6.21. The van der Waals surface area contributed by atoms with Gasteiger partial charge in [0.2, 0.25) is 0 Å². The van der Waals surface area contributed by atoms with Crippen molar-refractivity contribution in [3.05, 3.63) is 69.8 Å². The highest BCUT2D eigenvalue weighted by Gasteiger charge is 2.33. The molecule has 1 nitrogen and oxygen atoms in total. The quantitative estimate of drug-likeness (QED) is 0.549. The van der Waals surface area contributed by atoms with Crippen LogP contribution < -0.4 is 0 Å². The van der Waals surface area contributed by atoms with Crippen molar-refractivity contribution < 1.29 is 4.12 Å². The molecule has 0 spiro atoms. The lowest BCUT2D eigenvalue weighted by molar-refractivity contribution is 0.537. The largest absolute Gasteiger partial charge is 0.455 e. The minimum atomic E-state index is -1.75. The zero-order valence-electron chi connectivity index (χ0n) is 17.3. The standard InChI is InChI=1S/C22H34OSi2/c1-17-9-11-21(19(3)13-17)15-24(5,6)23-25(7,8)16-22-12-10-18(2)14-20(22)4/h9-14H,15-16H2,1-8H3. The van der Waals surface area contributed by atoms with Gasteiger partial charge in [-0.3, -0.25) is 0 Å². The first-order chi connectivity index (χ1) is 11.5. The Morgan fingerprint density at radius 3 is 1.32 bits per heavy atom. The lowest BCUT2D eigenvalue weighted by Gasteiger charge is -2.35. The van der Waals surface area contributed by atoms with Crippen LogP contribution in [0, 0.1) is 27.7 Å². The fraction of sp³-hybridized carbons (Fsp3) is 0.455. The van der Waals surface area contributed by atoms with Gasteiger partial charge >= 0.3 is 0 Å². The lowest BCUT2D eigenvalue weighted by atomic mass is 10.1. The first-order valence-corrected chi connectivity index (χ1v) is 15.5. The third-order valence-corrected chi connectivity index (χ3v) is 11.7. The van der Waals surface area contributed by atoms with Gasteiger partial charge in [-0.15, -0.1) is 0 Å². The summed E-state index contributed by atoms with van der Waals surface area (Å²) in [6.07, 6.45) is 0. The Labute approximate surface area is 156 Å². The van der Waals surface area contributed by atoms with Crippen LogP contribution in [0.5, 0.6) is 0 Å². The van der Waals surface area contributed by atoms with Crippen molar-refractivity contribution in [2.24, 2.45) is 0 Å². The SMILES string of the molecule is Cc1ccc(C[Si](C)(C)O[Si](C)(C)Cc2ccc(C)cc2C)c(C)c1. The second kappa shape index (κ2) is 7.60. The van der Waals surface area contributed by atoms with Crippen LogP contribution in [-0.4, -0.2) is 16.6 Å². The van der Waals surface area contributed by atoms with Gasteiger partial charge in [-0.1, -0.05) is 47.5 Å². The highest BCUT2D eigenvalue weighted by Crippen LogP contribution is 2.25. The summed E-state index contributed by atoms with van der Waals surface area (Å²) in [7, 11) is -3.50. The Morgan fingerprint density at radius 2 is 1.00 bits per heavy atom. The molecule has 3 heteroatoms. The summed E-state index contributed by atoms with van der Waals surface area (Å²) in [5, 5.41) is 0. The van der Waals surface area contributed by atoms with E-state index in [2.05, 4.69) is 90.3 Å². The third-order valence-electron chi connectivity index (χ3n) is 4.78. The van der Waals surface area contributed by atoms with Gasteiger partial charge < -0.3 is 4.12 Å². The molecule has 0 aliphatic heterocycles. The van der Waals surface area contributed by atoms with E-state index in [4.69, 9.17) is 4.12 Å². The average Bonchev–Trinajstić information content (AvgIpc) is 2.44. The van der Waals surface area contributed by atoms with E-state index >= 15 is 0 Å². The molecular formula is C22H34OSi2. The third kappa shape index (κ3) is 5.94. The number of benzene rings is 2. The number of hydrogen-bond acceptors (Lipinski definition) is 1. The lowest BCUT2D eigenvalue weighted by Crippen LogP contribution is -2.47. The highest BCUT2D eigenvalue weighted by molar-refractivity contribution is 6.84. The van der Waals surface area contributed by atoms with E-state index in [1.54, 1.807) is 0 Å². The van der Waals surface area contributed by atoms with Crippen LogP contribution in [0.4, 0.5) is 0 Å². The number of hydrogen-bond donors (Lipinski definition) is 0. The summed E-state index contributed by atoms with van der Waals surface area (Å²) in [5.41, 5.74) is 8.39. The van der Waals surface area contributed by atoms with Gasteiger partial charge in [-0.2, -0.15) is 0 Å². The smallest absolute Gasteiger partial charge is 0.177 e. The Morgan fingerprint density at radius 1 is 0.640 bits per heavy atom. The fourth-order valence-electron chi connectivity index (χ4n) is 3.83. The van der Waals surface area contributed by atoms with E-state index in [1.807, 2.05) is 0 Å². The highest BCUT2D eigenvalue weighted by atomic mass is 28.4. The van der Waals surface area contributed by atoms with Gasteiger partial charge in [0.1, 0.15) is 0 Å². The Hall–Kier alpha value is -1.17. The van der Waals surface area contributed by atoms with Crippen LogP contribution >= 0.6 is 0 Å². The molecule has 0 radical (unpaired) electrons. The van der Waals surface area contributed by atoms with Crippen LogP contribution in [0.1, 0.15) is 33.4 Å². The van der Waals surface area contributed by atoms with Crippen molar-refractivity contribution in [1.82, 2.24) is 0 Å². The molecule has 0 saturated heterocycles. The Balaban J connectivity index is 2.11. The monoisotopic (exact) mass is 370 g/mol. The van der Waals surface area contributed by atoms with Crippen LogP contribution in [0.2, 0.25) is 26.2 Å². The van der Waals surface area contributed by atoms with E-state index in [0.29, 0.717) is 0 Å². The molecule has 2 rings (SSSR count). The van der Waals surface area contributed by atoms with E-state index in [1.165, 1.54) is 33.4 Å². The minimum Gasteiger partial charge on any atom is -0.455 e. The van der Waals surface area contributed by atoms with Gasteiger partial charge in [0.05, 0.1) is 0 Å². The van der Waals surface area contributed by atoms with Gasteiger partial charge in [-0.05, 0) is 88.2 Å². The zero-order valence-corrected chi connectivity index (χ0v) is 19.3. The molecule has 2 aromatic rings. The van der Waals surface area contributed by atoms with Crippen molar-refractivity contribution in [1.29, 1.82) is 0 Å².